The lowest BCUT2D eigenvalue weighted by atomic mass is 10.00. The Kier molecular flexibility index (Phi) is 4.47. The maximum Gasteiger partial charge on any atom is 0.123 e. The molecule has 0 N–H and O–H groups in total. The molecule has 3 heteroatoms. The van der Waals surface area contributed by atoms with E-state index >= 15 is 0 Å². The minimum Gasteiger partial charge on any atom is -0.487 e. The lowest BCUT2D eigenvalue weighted by Crippen LogP contribution is -2.29. The molecule has 3 nitrogen and oxygen atoms in total. The van der Waals surface area contributed by atoms with E-state index in [2.05, 4.69) is 55.9 Å². The molecule has 3 rings (SSSR count). The molecule has 1 aromatic carbocycles. The van der Waals surface area contributed by atoms with Crippen molar-refractivity contribution in [1.29, 1.82) is 0 Å². The third-order valence-electron chi connectivity index (χ3n) is 5.05. The third kappa shape index (κ3) is 3.64. The molecule has 1 fully saturated rings. The van der Waals surface area contributed by atoms with Crippen molar-refractivity contribution in [3.05, 3.63) is 29.3 Å². The van der Waals surface area contributed by atoms with Crippen LogP contribution in [-0.4, -0.2) is 48.6 Å². The molecule has 22 heavy (non-hydrogen) atoms. The van der Waals surface area contributed by atoms with Crippen LogP contribution in [0.3, 0.4) is 0 Å². The second-order valence-electron chi connectivity index (χ2n) is 7.81. The minimum atomic E-state index is -0.0392. The van der Waals surface area contributed by atoms with E-state index in [1.807, 2.05) is 0 Å². The van der Waals surface area contributed by atoms with E-state index < -0.39 is 0 Å². The van der Waals surface area contributed by atoms with Crippen LogP contribution in [0.4, 0.5) is 0 Å². The third-order valence-corrected chi connectivity index (χ3v) is 5.05. The molecule has 0 radical (unpaired) electrons. The topological polar surface area (TPSA) is 15.7 Å². The van der Waals surface area contributed by atoms with Crippen molar-refractivity contribution in [3.8, 4) is 5.75 Å². The van der Waals surface area contributed by atoms with Gasteiger partial charge < -0.3 is 9.64 Å². The molecule has 2 aliphatic rings. The number of hydrogen-bond donors (Lipinski definition) is 0. The van der Waals surface area contributed by atoms with Gasteiger partial charge in [0.1, 0.15) is 11.4 Å². The Balaban J connectivity index is 1.62. The number of rotatable bonds is 3. The highest BCUT2D eigenvalue weighted by Gasteiger charge is 2.30. The fourth-order valence-corrected chi connectivity index (χ4v) is 3.83. The van der Waals surface area contributed by atoms with Crippen molar-refractivity contribution >= 4 is 0 Å². The first-order valence-electron chi connectivity index (χ1n) is 8.62. The van der Waals surface area contributed by atoms with Crippen LogP contribution >= 0.6 is 0 Å². The van der Waals surface area contributed by atoms with Crippen molar-refractivity contribution in [3.63, 3.8) is 0 Å². The van der Waals surface area contributed by atoms with Gasteiger partial charge in [0.05, 0.1) is 0 Å². The Labute approximate surface area is 135 Å². The normalized spacial score (nSPS) is 24.9. The van der Waals surface area contributed by atoms with E-state index in [4.69, 9.17) is 4.74 Å². The van der Waals surface area contributed by atoms with Crippen LogP contribution in [0, 0.1) is 0 Å². The standard InChI is InChI=1S/C19H30N2O/c1-19(2)13-16-12-15(7-8-18(16)22-19)14-21-10-5-6-17(9-11-21)20(3)4/h7-8,12,17H,5-6,9-11,13-14H2,1-4H3. The van der Waals surface area contributed by atoms with Crippen molar-refractivity contribution in [2.24, 2.45) is 0 Å². The molecule has 122 valence electrons. The molecule has 0 spiro atoms. The van der Waals surface area contributed by atoms with Crippen LogP contribution in [0.1, 0.15) is 44.2 Å². The van der Waals surface area contributed by atoms with E-state index in [1.54, 1.807) is 0 Å². The van der Waals surface area contributed by atoms with E-state index in [0.717, 1.165) is 24.8 Å². The van der Waals surface area contributed by atoms with Gasteiger partial charge in [-0.2, -0.15) is 0 Å². The number of fused-ring (bicyclic) bond motifs is 1. The molecule has 0 bridgehead atoms. The molecule has 2 heterocycles. The summed E-state index contributed by atoms with van der Waals surface area (Å²) < 4.78 is 5.98. The second-order valence-corrected chi connectivity index (χ2v) is 7.81. The van der Waals surface area contributed by atoms with Crippen LogP contribution < -0.4 is 4.74 Å². The highest BCUT2D eigenvalue weighted by molar-refractivity contribution is 5.41. The number of nitrogens with zero attached hydrogens (tertiary/aromatic N) is 2. The lowest BCUT2D eigenvalue weighted by molar-refractivity contribution is 0.138. The molecule has 0 saturated carbocycles. The van der Waals surface area contributed by atoms with Crippen LogP contribution in [0.2, 0.25) is 0 Å². The molecule has 1 atom stereocenters. The van der Waals surface area contributed by atoms with Crippen LogP contribution in [0.25, 0.3) is 0 Å². The number of ether oxygens (including phenoxy) is 1. The van der Waals surface area contributed by atoms with Gasteiger partial charge >= 0.3 is 0 Å². The summed E-state index contributed by atoms with van der Waals surface area (Å²) in [6.45, 7) is 7.85. The van der Waals surface area contributed by atoms with Crippen LogP contribution in [-0.2, 0) is 13.0 Å². The van der Waals surface area contributed by atoms with Gasteiger partial charge in [-0.15, -0.1) is 0 Å². The summed E-state index contributed by atoms with van der Waals surface area (Å²) in [6.07, 6.45) is 4.95. The van der Waals surface area contributed by atoms with Crippen molar-refractivity contribution in [2.75, 3.05) is 27.2 Å². The van der Waals surface area contributed by atoms with Crippen LogP contribution in [0.5, 0.6) is 5.75 Å². The van der Waals surface area contributed by atoms with Gasteiger partial charge in [-0.1, -0.05) is 12.1 Å². The predicted octanol–water partition coefficient (Wildman–Crippen LogP) is 3.32. The fraction of sp³-hybridized carbons (Fsp3) is 0.684. The largest absolute Gasteiger partial charge is 0.487 e. The fourth-order valence-electron chi connectivity index (χ4n) is 3.83. The van der Waals surface area contributed by atoms with Gasteiger partial charge in [0.2, 0.25) is 0 Å². The van der Waals surface area contributed by atoms with E-state index in [9.17, 15) is 0 Å². The number of benzene rings is 1. The number of likely N-dealkylation sites (tertiary alicyclic amines) is 1. The summed E-state index contributed by atoms with van der Waals surface area (Å²) in [5.41, 5.74) is 2.77. The zero-order valence-corrected chi connectivity index (χ0v) is 14.6. The Hall–Kier alpha value is -1.06. The minimum absolute atomic E-state index is 0.0392. The molecule has 0 aliphatic carbocycles. The molecule has 2 aliphatic heterocycles. The Bertz CT molecular complexity index is 524. The first-order valence-corrected chi connectivity index (χ1v) is 8.62. The molecule has 1 aromatic rings. The lowest BCUT2D eigenvalue weighted by Gasteiger charge is -2.23. The average Bonchev–Trinajstić information content (AvgIpc) is 2.60. The average molecular weight is 302 g/mol. The summed E-state index contributed by atoms with van der Waals surface area (Å²) in [5, 5.41) is 0. The first-order chi connectivity index (χ1) is 10.4. The van der Waals surface area contributed by atoms with Gasteiger partial charge in [-0.25, -0.2) is 0 Å². The molecule has 1 unspecified atom stereocenters. The van der Waals surface area contributed by atoms with Crippen molar-refractivity contribution in [1.82, 2.24) is 9.80 Å². The van der Waals surface area contributed by atoms with Crippen LogP contribution in [0.15, 0.2) is 18.2 Å². The van der Waals surface area contributed by atoms with E-state index in [-0.39, 0.29) is 5.60 Å². The van der Waals surface area contributed by atoms with Gasteiger partial charge in [0.15, 0.2) is 0 Å². The van der Waals surface area contributed by atoms with E-state index in [1.165, 1.54) is 43.5 Å². The van der Waals surface area contributed by atoms with Gasteiger partial charge in [0.25, 0.3) is 0 Å². The molecule has 0 amide bonds. The summed E-state index contributed by atoms with van der Waals surface area (Å²) in [5.74, 6) is 1.08. The SMILES string of the molecule is CN(C)C1CCCN(Cc2ccc3c(c2)CC(C)(C)O3)CC1. The summed E-state index contributed by atoms with van der Waals surface area (Å²) in [6, 6.07) is 7.52. The molecular weight excluding hydrogens is 272 g/mol. The maximum absolute atomic E-state index is 5.98. The quantitative estimate of drug-likeness (QED) is 0.852. The van der Waals surface area contributed by atoms with Gasteiger partial charge in [-0.05, 0) is 77.5 Å². The van der Waals surface area contributed by atoms with Crippen molar-refractivity contribution in [2.45, 2.75) is 57.7 Å². The van der Waals surface area contributed by atoms with Crippen molar-refractivity contribution < 1.29 is 4.74 Å². The molecular formula is C19H30N2O. The summed E-state index contributed by atoms with van der Waals surface area (Å²) >= 11 is 0. The van der Waals surface area contributed by atoms with E-state index in [0.29, 0.717) is 0 Å². The summed E-state index contributed by atoms with van der Waals surface area (Å²) in [7, 11) is 4.42. The molecule has 1 saturated heterocycles. The van der Waals surface area contributed by atoms with Gasteiger partial charge in [0, 0.05) is 19.0 Å². The first kappa shape index (κ1) is 15.8. The van der Waals surface area contributed by atoms with Gasteiger partial charge in [-0.3, -0.25) is 4.90 Å². The number of hydrogen-bond acceptors (Lipinski definition) is 3. The Morgan fingerprint density at radius 3 is 2.82 bits per heavy atom. The highest BCUT2D eigenvalue weighted by Crippen LogP contribution is 2.35. The summed E-state index contributed by atoms with van der Waals surface area (Å²) in [4.78, 5) is 5.00. The maximum atomic E-state index is 5.98. The Morgan fingerprint density at radius 2 is 2.05 bits per heavy atom. The monoisotopic (exact) mass is 302 g/mol. The molecule has 0 aromatic heterocycles. The zero-order valence-electron chi connectivity index (χ0n) is 14.6. The Morgan fingerprint density at radius 1 is 1.23 bits per heavy atom. The predicted molar refractivity (Wildman–Crippen MR) is 91.5 cm³/mol. The zero-order chi connectivity index (χ0) is 15.7. The smallest absolute Gasteiger partial charge is 0.123 e. The second kappa shape index (κ2) is 6.21. The highest BCUT2D eigenvalue weighted by atomic mass is 16.5.